The molecule has 0 aromatic carbocycles. The Morgan fingerprint density at radius 3 is 2.50 bits per heavy atom. The second kappa shape index (κ2) is 9.35. The van der Waals surface area contributed by atoms with E-state index in [0.29, 0.717) is 0 Å². The van der Waals surface area contributed by atoms with Crippen molar-refractivity contribution < 1.29 is 0 Å². The van der Waals surface area contributed by atoms with E-state index >= 15 is 0 Å². The number of nitrogens with one attached hydrogen (secondary N) is 1. The standard InChI is InChI=1S/C15H31N3/c1-6-10-17-15(4,13-16)9-7-8-11-18(5)12-14(2)3/h14,17H,6-12H2,1-5H3. The minimum Gasteiger partial charge on any atom is -0.306 e. The van der Waals surface area contributed by atoms with E-state index < -0.39 is 0 Å². The number of nitriles is 1. The summed E-state index contributed by atoms with van der Waals surface area (Å²) in [5.41, 5.74) is -0.341. The highest BCUT2D eigenvalue weighted by Crippen LogP contribution is 2.13. The van der Waals surface area contributed by atoms with E-state index in [9.17, 15) is 5.26 Å². The Balaban J connectivity index is 3.78. The van der Waals surface area contributed by atoms with Crippen LogP contribution in [0.25, 0.3) is 0 Å². The smallest absolute Gasteiger partial charge is 0.103 e. The third-order valence-corrected chi connectivity index (χ3v) is 3.16. The quantitative estimate of drug-likeness (QED) is 0.608. The van der Waals surface area contributed by atoms with Crippen molar-refractivity contribution in [2.24, 2.45) is 5.92 Å². The van der Waals surface area contributed by atoms with Gasteiger partial charge in [0.1, 0.15) is 5.54 Å². The molecule has 0 aliphatic rings. The first-order valence-electron chi connectivity index (χ1n) is 7.28. The van der Waals surface area contributed by atoms with Crippen molar-refractivity contribution in [1.29, 1.82) is 5.26 Å². The van der Waals surface area contributed by atoms with Gasteiger partial charge in [-0.25, -0.2) is 0 Å². The number of unbranched alkanes of at least 4 members (excludes halogenated alkanes) is 1. The molecule has 0 saturated carbocycles. The van der Waals surface area contributed by atoms with E-state index in [0.717, 1.165) is 44.8 Å². The molecule has 3 heteroatoms. The molecule has 0 heterocycles. The monoisotopic (exact) mass is 253 g/mol. The van der Waals surface area contributed by atoms with Crippen LogP contribution >= 0.6 is 0 Å². The molecule has 0 fully saturated rings. The summed E-state index contributed by atoms with van der Waals surface area (Å²) in [7, 11) is 2.18. The van der Waals surface area contributed by atoms with Crippen LogP contribution in [-0.4, -0.2) is 37.1 Å². The maximum absolute atomic E-state index is 9.22. The van der Waals surface area contributed by atoms with E-state index in [1.54, 1.807) is 0 Å². The van der Waals surface area contributed by atoms with Crippen LogP contribution in [0.3, 0.4) is 0 Å². The Kier molecular flexibility index (Phi) is 9.05. The molecule has 1 unspecified atom stereocenters. The molecule has 0 saturated heterocycles. The summed E-state index contributed by atoms with van der Waals surface area (Å²) in [5, 5.41) is 12.6. The summed E-state index contributed by atoms with van der Waals surface area (Å²) >= 11 is 0. The zero-order valence-corrected chi connectivity index (χ0v) is 12.9. The zero-order valence-electron chi connectivity index (χ0n) is 12.9. The number of nitrogens with zero attached hydrogens (tertiary/aromatic N) is 2. The predicted octanol–water partition coefficient (Wildman–Crippen LogP) is 3.03. The second-order valence-electron chi connectivity index (χ2n) is 5.98. The van der Waals surface area contributed by atoms with Gasteiger partial charge in [-0.3, -0.25) is 5.32 Å². The van der Waals surface area contributed by atoms with Crippen LogP contribution in [0.2, 0.25) is 0 Å². The van der Waals surface area contributed by atoms with Crippen LogP contribution in [-0.2, 0) is 0 Å². The van der Waals surface area contributed by atoms with Crippen LogP contribution in [0.4, 0.5) is 0 Å². The molecule has 18 heavy (non-hydrogen) atoms. The fourth-order valence-electron chi connectivity index (χ4n) is 2.16. The van der Waals surface area contributed by atoms with Crippen LogP contribution < -0.4 is 5.32 Å². The molecule has 1 N–H and O–H groups in total. The molecule has 0 bridgehead atoms. The van der Waals surface area contributed by atoms with Crippen LogP contribution in [0.1, 0.15) is 53.4 Å². The summed E-state index contributed by atoms with van der Waals surface area (Å²) in [5.74, 6) is 0.727. The van der Waals surface area contributed by atoms with Gasteiger partial charge < -0.3 is 4.90 Å². The van der Waals surface area contributed by atoms with Crippen LogP contribution in [0.15, 0.2) is 0 Å². The first-order chi connectivity index (χ1) is 8.43. The van der Waals surface area contributed by atoms with E-state index in [1.165, 1.54) is 6.42 Å². The Hall–Kier alpha value is -0.590. The van der Waals surface area contributed by atoms with Gasteiger partial charge in [-0.05, 0) is 58.7 Å². The van der Waals surface area contributed by atoms with Crippen molar-refractivity contribution in [1.82, 2.24) is 10.2 Å². The Morgan fingerprint density at radius 2 is 2.00 bits per heavy atom. The summed E-state index contributed by atoms with van der Waals surface area (Å²) in [6.45, 7) is 11.9. The molecule has 0 aliphatic heterocycles. The van der Waals surface area contributed by atoms with Crippen LogP contribution in [0.5, 0.6) is 0 Å². The molecule has 0 aliphatic carbocycles. The van der Waals surface area contributed by atoms with Gasteiger partial charge in [0, 0.05) is 6.54 Å². The SMILES string of the molecule is CCCNC(C)(C#N)CCCCN(C)CC(C)C. The van der Waals surface area contributed by atoms with Gasteiger partial charge >= 0.3 is 0 Å². The molecule has 0 rings (SSSR count). The minimum absolute atomic E-state index is 0.341. The van der Waals surface area contributed by atoms with Crippen molar-refractivity contribution >= 4 is 0 Å². The molecule has 3 nitrogen and oxygen atoms in total. The van der Waals surface area contributed by atoms with E-state index in [2.05, 4.69) is 44.1 Å². The number of rotatable bonds is 10. The van der Waals surface area contributed by atoms with Crippen LogP contribution in [0, 0.1) is 17.2 Å². The predicted molar refractivity (Wildman–Crippen MR) is 78.5 cm³/mol. The number of hydrogen-bond acceptors (Lipinski definition) is 3. The molecule has 0 amide bonds. The molecule has 106 valence electrons. The molecular formula is C15H31N3. The molecule has 0 aromatic heterocycles. The average molecular weight is 253 g/mol. The summed E-state index contributed by atoms with van der Waals surface area (Å²) in [4.78, 5) is 2.38. The lowest BCUT2D eigenvalue weighted by atomic mass is 9.96. The fraction of sp³-hybridized carbons (Fsp3) is 0.933. The highest BCUT2D eigenvalue weighted by atomic mass is 15.1. The summed E-state index contributed by atoms with van der Waals surface area (Å²) < 4.78 is 0. The Bertz CT molecular complexity index is 245. The zero-order chi connectivity index (χ0) is 14.0. The lowest BCUT2D eigenvalue weighted by Gasteiger charge is -2.24. The minimum atomic E-state index is -0.341. The fourth-order valence-corrected chi connectivity index (χ4v) is 2.16. The van der Waals surface area contributed by atoms with Crippen molar-refractivity contribution in [3.8, 4) is 6.07 Å². The van der Waals surface area contributed by atoms with E-state index in [-0.39, 0.29) is 5.54 Å². The lowest BCUT2D eigenvalue weighted by Crippen LogP contribution is -2.41. The van der Waals surface area contributed by atoms with E-state index in [1.807, 2.05) is 6.92 Å². The highest BCUT2D eigenvalue weighted by Gasteiger charge is 2.21. The van der Waals surface area contributed by atoms with Gasteiger partial charge in [-0.2, -0.15) is 5.26 Å². The van der Waals surface area contributed by atoms with Crippen molar-refractivity contribution in [3.05, 3.63) is 0 Å². The summed E-state index contributed by atoms with van der Waals surface area (Å²) in [6, 6.07) is 2.41. The normalized spacial score (nSPS) is 14.8. The maximum Gasteiger partial charge on any atom is 0.103 e. The third kappa shape index (κ3) is 8.49. The van der Waals surface area contributed by atoms with Crippen molar-refractivity contribution in [2.75, 3.05) is 26.7 Å². The molecule has 0 aromatic rings. The topological polar surface area (TPSA) is 39.1 Å². The van der Waals surface area contributed by atoms with Gasteiger partial charge in [0.2, 0.25) is 0 Å². The van der Waals surface area contributed by atoms with Gasteiger partial charge in [0.15, 0.2) is 0 Å². The Morgan fingerprint density at radius 1 is 1.33 bits per heavy atom. The molecular weight excluding hydrogens is 222 g/mol. The second-order valence-corrected chi connectivity index (χ2v) is 5.98. The molecule has 0 radical (unpaired) electrons. The highest BCUT2D eigenvalue weighted by molar-refractivity contribution is 5.03. The van der Waals surface area contributed by atoms with E-state index in [4.69, 9.17) is 0 Å². The first-order valence-corrected chi connectivity index (χ1v) is 7.28. The third-order valence-electron chi connectivity index (χ3n) is 3.16. The van der Waals surface area contributed by atoms with Gasteiger partial charge in [-0.15, -0.1) is 0 Å². The first kappa shape index (κ1) is 17.4. The molecule has 1 atom stereocenters. The Labute approximate surface area is 114 Å². The van der Waals surface area contributed by atoms with Gasteiger partial charge in [-0.1, -0.05) is 20.8 Å². The van der Waals surface area contributed by atoms with Crippen molar-refractivity contribution in [2.45, 2.75) is 58.9 Å². The number of hydrogen-bond donors (Lipinski definition) is 1. The van der Waals surface area contributed by atoms with Gasteiger partial charge in [0.25, 0.3) is 0 Å². The largest absolute Gasteiger partial charge is 0.306 e. The average Bonchev–Trinajstić information content (AvgIpc) is 2.31. The summed E-state index contributed by atoms with van der Waals surface area (Å²) in [6.07, 6.45) is 4.31. The lowest BCUT2D eigenvalue weighted by molar-refractivity contribution is 0.283. The maximum atomic E-state index is 9.22. The van der Waals surface area contributed by atoms with Crippen molar-refractivity contribution in [3.63, 3.8) is 0 Å². The molecule has 0 spiro atoms. The van der Waals surface area contributed by atoms with Gasteiger partial charge in [0.05, 0.1) is 6.07 Å².